The molecule has 2 atom stereocenters. The van der Waals surface area contributed by atoms with Crippen LogP contribution in [0.25, 0.3) is 0 Å². The molecule has 1 N–H and O–H groups in total. The van der Waals surface area contributed by atoms with Gasteiger partial charge >= 0.3 is 5.97 Å². The molecule has 1 aliphatic rings. The summed E-state index contributed by atoms with van der Waals surface area (Å²) in [5, 5.41) is 3.41. The first-order valence-corrected chi connectivity index (χ1v) is 4.22. The maximum atomic E-state index is 11.0. The highest BCUT2D eigenvalue weighted by Gasteiger charge is 2.25. The summed E-state index contributed by atoms with van der Waals surface area (Å²) in [5.41, 5.74) is 0. The van der Waals surface area contributed by atoms with E-state index in [-0.39, 0.29) is 17.1 Å². The third-order valence-electron chi connectivity index (χ3n) is 1.86. The van der Waals surface area contributed by atoms with Crippen molar-refractivity contribution in [3.8, 4) is 0 Å². The van der Waals surface area contributed by atoms with E-state index in [0.29, 0.717) is 0 Å². The quantitative estimate of drug-likeness (QED) is 0.437. The lowest BCUT2D eigenvalue weighted by atomic mass is 10.00. The SMILES string of the molecule is COC(=O)[C@H]1CNC[C@H](S)C1. The zero-order chi connectivity index (χ0) is 8.27. The second-order valence-corrected chi connectivity index (χ2v) is 3.50. The van der Waals surface area contributed by atoms with Gasteiger partial charge in [-0.25, -0.2) is 0 Å². The second-order valence-electron chi connectivity index (χ2n) is 2.77. The number of rotatable bonds is 1. The van der Waals surface area contributed by atoms with Gasteiger partial charge < -0.3 is 10.1 Å². The van der Waals surface area contributed by atoms with Gasteiger partial charge in [-0.1, -0.05) is 0 Å². The van der Waals surface area contributed by atoms with Gasteiger partial charge in [0.05, 0.1) is 13.0 Å². The molecule has 1 fully saturated rings. The van der Waals surface area contributed by atoms with E-state index in [2.05, 4.69) is 22.7 Å². The van der Waals surface area contributed by atoms with Gasteiger partial charge in [-0.3, -0.25) is 4.79 Å². The molecule has 0 saturated carbocycles. The highest BCUT2D eigenvalue weighted by atomic mass is 32.1. The van der Waals surface area contributed by atoms with E-state index < -0.39 is 0 Å². The molecule has 0 spiro atoms. The molecule has 4 heteroatoms. The van der Waals surface area contributed by atoms with Crippen molar-refractivity contribution in [3.05, 3.63) is 0 Å². The lowest BCUT2D eigenvalue weighted by molar-refractivity contribution is -0.145. The van der Waals surface area contributed by atoms with E-state index in [9.17, 15) is 4.79 Å². The van der Waals surface area contributed by atoms with Crippen molar-refractivity contribution < 1.29 is 9.53 Å². The molecule has 64 valence electrons. The van der Waals surface area contributed by atoms with E-state index in [1.807, 2.05) is 0 Å². The number of piperidine rings is 1. The minimum Gasteiger partial charge on any atom is -0.469 e. The van der Waals surface area contributed by atoms with Crippen LogP contribution in [0.5, 0.6) is 0 Å². The molecule has 0 unspecified atom stereocenters. The number of thiol groups is 1. The second kappa shape index (κ2) is 3.97. The van der Waals surface area contributed by atoms with Crippen molar-refractivity contribution in [2.75, 3.05) is 20.2 Å². The Morgan fingerprint density at radius 3 is 2.91 bits per heavy atom. The molecule has 0 aliphatic carbocycles. The van der Waals surface area contributed by atoms with Crippen LogP contribution in [0.1, 0.15) is 6.42 Å². The van der Waals surface area contributed by atoms with E-state index in [0.717, 1.165) is 19.5 Å². The van der Waals surface area contributed by atoms with Crippen LogP contribution in [-0.2, 0) is 9.53 Å². The average molecular weight is 175 g/mol. The smallest absolute Gasteiger partial charge is 0.309 e. The Labute approximate surface area is 71.9 Å². The minimum atomic E-state index is -0.128. The predicted molar refractivity (Wildman–Crippen MR) is 45.8 cm³/mol. The molecule has 0 amide bonds. The molecule has 11 heavy (non-hydrogen) atoms. The molecule has 0 aromatic rings. The van der Waals surface area contributed by atoms with Gasteiger partial charge in [0.15, 0.2) is 0 Å². The summed E-state index contributed by atoms with van der Waals surface area (Å²) in [4.78, 5) is 11.0. The Balaban J connectivity index is 2.39. The number of esters is 1. The molecule has 1 heterocycles. The van der Waals surface area contributed by atoms with Crippen molar-refractivity contribution in [1.82, 2.24) is 5.32 Å². The summed E-state index contributed by atoms with van der Waals surface area (Å²) in [5.74, 6) is -0.132. The van der Waals surface area contributed by atoms with E-state index in [1.165, 1.54) is 7.11 Å². The van der Waals surface area contributed by atoms with Crippen molar-refractivity contribution in [2.45, 2.75) is 11.7 Å². The van der Waals surface area contributed by atoms with Gasteiger partial charge in [-0.05, 0) is 6.42 Å². The Hall–Kier alpha value is -0.220. The number of nitrogens with one attached hydrogen (secondary N) is 1. The van der Waals surface area contributed by atoms with Gasteiger partial charge in [0.1, 0.15) is 0 Å². The van der Waals surface area contributed by atoms with Crippen LogP contribution in [0.3, 0.4) is 0 Å². The third kappa shape index (κ3) is 2.38. The van der Waals surface area contributed by atoms with Crippen LogP contribution in [0.2, 0.25) is 0 Å². The first kappa shape index (κ1) is 8.87. The number of carbonyl (C=O) groups excluding carboxylic acids is 1. The van der Waals surface area contributed by atoms with Crippen molar-refractivity contribution in [3.63, 3.8) is 0 Å². The standard InChI is InChI=1S/C7H13NO2S/c1-10-7(9)5-2-6(11)4-8-3-5/h5-6,8,11H,2-4H2,1H3/t5-,6-/m1/s1. The van der Waals surface area contributed by atoms with Crippen LogP contribution in [-0.4, -0.2) is 31.4 Å². The number of hydrogen-bond donors (Lipinski definition) is 2. The fraction of sp³-hybridized carbons (Fsp3) is 0.857. The third-order valence-corrected chi connectivity index (χ3v) is 2.26. The Morgan fingerprint density at radius 2 is 2.36 bits per heavy atom. The van der Waals surface area contributed by atoms with Crippen molar-refractivity contribution >= 4 is 18.6 Å². The lowest BCUT2D eigenvalue weighted by Gasteiger charge is -2.24. The Morgan fingerprint density at radius 1 is 1.64 bits per heavy atom. The summed E-state index contributed by atoms with van der Waals surface area (Å²) >= 11 is 4.28. The minimum absolute atomic E-state index is 0.00347. The number of ether oxygens (including phenoxy) is 1. The van der Waals surface area contributed by atoms with Crippen LogP contribution >= 0.6 is 12.6 Å². The molecule has 0 radical (unpaired) electrons. The Kier molecular flexibility index (Phi) is 3.20. The van der Waals surface area contributed by atoms with E-state index in [1.54, 1.807) is 0 Å². The normalized spacial score (nSPS) is 31.5. The molecular weight excluding hydrogens is 162 g/mol. The van der Waals surface area contributed by atoms with Crippen LogP contribution < -0.4 is 5.32 Å². The van der Waals surface area contributed by atoms with Crippen molar-refractivity contribution in [1.29, 1.82) is 0 Å². The number of methoxy groups -OCH3 is 1. The summed E-state index contributed by atoms with van der Waals surface area (Å²) in [6.45, 7) is 1.61. The van der Waals surface area contributed by atoms with Crippen LogP contribution in [0, 0.1) is 5.92 Å². The maximum absolute atomic E-state index is 11.0. The van der Waals surface area contributed by atoms with Gasteiger partial charge in [-0.15, -0.1) is 0 Å². The van der Waals surface area contributed by atoms with Gasteiger partial charge in [0, 0.05) is 18.3 Å². The van der Waals surface area contributed by atoms with Crippen LogP contribution in [0.4, 0.5) is 0 Å². The van der Waals surface area contributed by atoms with Gasteiger partial charge in [-0.2, -0.15) is 12.6 Å². The number of carbonyl (C=O) groups is 1. The summed E-state index contributed by atoms with van der Waals surface area (Å²) in [6.07, 6.45) is 0.822. The largest absolute Gasteiger partial charge is 0.469 e. The zero-order valence-corrected chi connectivity index (χ0v) is 7.43. The topological polar surface area (TPSA) is 38.3 Å². The lowest BCUT2D eigenvalue weighted by Crippen LogP contribution is -2.40. The molecule has 0 aromatic carbocycles. The first-order chi connectivity index (χ1) is 5.24. The highest BCUT2D eigenvalue weighted by Crippen LogP contribution is 2.15. The molecule has 0 bridgehead atoms. The monoisotopic (exact) mass is 175 g/mol. The molecule has 1 rings (SSSR count). The summed E-state index contributed by atoms with van der Waals surface area (Å²) in [7, 11) is 1.42. The van der Waals surface area contributed by atoms with Gasteiger partial charge in [0.25, 0.3) is 0 Å². The summed E-state index contributed by atoms with van der Waals surface area (Å²) < 4.78 is 4.63. The average Bonchev–Trinajstić information content (AvgIpc) is 2.03. The molecule has 1 aliphatic heterocycles. The molecule has 1 saturated heterocycles. The first-order valence-electron chi connectivity index (χ1n) is 3.70. The van der Waals surface area contributed by atoms with Crippen LogP contribution in [0.15, 0.2) is 0 Å². The van der Waals surface area contributed by atoms with E-state index in [4.69, 9.17) is 0 Å². The van der Waals surface area contributed by atoms with Crippen molar-refractivity contribution in [2.24, 2.45) is 5.92 Å². The fourth-order valence-corrected chi connectivity index (χ4v) is 1.65. The Bertz CT molecular complexity index is 151. The molecular formula is C7H13NO2S. The predicted octanol–water partition coefficient (Wildman–Crippen LogP) is 0.0673. The molecule has 0 aromatic heterocycles. The maximum Gasteiger partial charge on any atom is 0.309 e. The zero-order valence-electron chi connectivity index (χ0n) is 6.54. The summed E-state index contributed by atoms with van der Waals surface area (Å²) in [6, 6.07) is 0. The fourth-order valence-electron chi connectivity index (χ4n) is 1.27. The number of hydrogen-bond acceptors (Lipinski definition) is 4. The van der Waals surface area contributed by atoms with E-state index >= 15 is 0 Å². The highest BCUT2D eigenvalue weighted by molar-refractivity contribution is 7.81. The molecule has 3 nitrogen and oxygen atoms in total. The van der Waals surface area contributed by atoms with Gasteiger partial charge in [0.2, 0.25) is 0 Å².